The largest absolute Gasteiger partial charge is 0.396 e. The van der Waals surface area contributed by atoms with E-state index >= 15 is 0 Å². The molecule has 0 fully saturated rings. The van der Waals surface area contributed by atoms with Gasteiger partial charge in [-0.3, -0.25) is 19.4 Å². The fourth-order valence-electron chi connectivity index (χ4n) is 5.62. The molecule has 0 saturated carbocycles. The van der Waals surface area contributed by atoms with Crippen LogP contribution in [0.3, 0.4) is 0 Å². The Hall–Kier alpha value is -4.51. The van der Waals surface area contributed by atoms with Crippen molar-refractivity contribution >= 4 is 34.1 Å². The first-order valence-corrected chi connectivity index (χ1v) is 14.5. The van der Waals surface area contributed by atoms with Gasteiger partial charge in [0.2, 0.25) is 0 Å². The summed E-state index contributed by atoms with van der Waals surface area (Å²) in [5, 5.41) is 33.3. The lowest BCUT2D eigenvalue weighted by molar-refractivity contribution is -0.139. The molecule has 43 heavy (non-hydrogen) atoms. The summed E-state index contributed by atoms with van der Waals surface area (Å²) in [4.78, 5) is 28.6. The summed E-state index contributed by atoms with van der Waals surface area (Å²) in [5.74, 6) is -1.00. The summed E-state index contributed by atoms with van der Waals surface area (Å²) in [6.07, 6.45) is 6.61. The zero-order valence-corrected chi connectivity index (χ0v) is 24.3. The van der Waals surface area contributed by atoms with Gasteiger partial charge in [-0.15, -0.1) is 5.10 Å². The second kappa shape index (κ2) is 11.6. The van der Waals surface area contributed by atoms with Gasteiger partial charge in [-0.25, -0.2) is 4.68 Å². The minimum Gasteiger partial charge on any atom is -0.396 e. The van der Waals surface area contributed by atoms with Crippen molar-refractivity contribution in [2.45, 2.75) is 38.5 Å². The summed E-state index contributed by atoms with van der Waals surface area (Å²) in [7, 11) is 0. The highest BCUT2D eigenvalue weighted by atomic mass is 35.5. The van der Waals surface area contributed by atoms with Gasteiger partial charge in [0.05, 0.1) is 34.5 Å². The molecule has 220 valence electrons. The number of carbonyl (C=O) groups is 1. The van der Waals surface area contributed by atoms with Crippen LogP contribution >= 0.6 is 11.6 Å². The zero-order valence-electron chi connectivity index (χ0n) is 23.5. The van der Waals surface area contributed by atoms with Gasteiger partial charge in [0, 0.05) is 42.3 Å². The van der Waals surface area contributed by atoms with E-state index in [0.29, 0.717) is 46.7 Å². The fraction of sp³-hybridized carbons (Fsp3) is 0.250. The predicted molar refractivity (Wildman–Crippen MR) is 164 cm³/mol. The van der Waals surface area contributed by atoms with Crippen LogP contribution in [0.15, 0.2) is 89.9 Å². The van der Waals surface area contributed by atoms with Crippen molar-refractivity contribution < 1.29 is 15.0 Å². The Morgan fingerprint density at radius 1 is 1.09 bits per heavy atom. The van der Waals surface area contributed by atoms with Crippen LogP contribution in [0.4, 0.5) is 5.69 Å². The van der Waals surface area contributed by atoms with Crippen LogP contribution < -0.4 is 10.5 Å². The maximum Gasteiger partial charge on any atom is 0.279 e. The number of amides is 1. The van der Waals surface area contributed by atoms with E-state index in [9.17, 15) is 14.7 Å². The van der Waals surface area contributed by atoms with Gasteiger partial charge in [0.1, 0.15) is 0 Å². The zero-order chi connectivity index (χ0) is 30.1. The van der Waals surface area contributed by atoms with Gasteiger partial charge < -0.3 is 15.1 Å². The van der Waals surface area contributed by atoms with Crippen LogP contribution in [0.25, 0.3) is 16.6 Å². The summed E-state index contributed by atoms with van der Waals surface area (Å²) in [5.41, 5.74) is 1.96. The van der Waals surface area contributed by atoms with Crippen molar-refractivity contribution in [2.24, 2.45) is 5.92 Å². The molecule has 2 atom stereocenters. The second-order valence-electron chi connectivity index (χ2n) is 10.7. The number of fused-ring (bicyclic) bond motifs is 2. The number of para-hydroxylation sites is 1. The van der Waals surface area contributed by atoms with Gasteiger partial charge in [-0.1, -0.05) is 60.2 Å². The van der Waals surface area contributed by atoms with E-state index < -0.39 is 17.4 Å². The monoisotopic (exact) mass is 598 g/mol. The molecule has 1 aliphatic heterocycles. The smallest absolute Gasteiger partial charge is 0.279 e. The summed E-state index contributed by atoms with van der Waals surface area (Å²) in [6, 6.07) is 19.8. The predicted octanol–water partition coefficient (Wildman–Crippen LogP) is 4.12. The number of H-pyrrole nitrogens is 1. The molecule has 3 N–H and O–H groups in total. The standard InChI is InChI=1S/C32H31ClN6O4/c1-21(7-4-5-15-37-20-24(14-16-40)34-36-37)32(43)27-18-23(33)12-13-29(27)38(31(32)42)19-22-8-6-9-25(17-22)39-30(41)26-10-2-3-11-28(26)35-39/h2-4,6-13,17-18,20-21,35,40,43H,5,14-16,19H2,1H3/b7-4+/t21-,32+/m1/s1. The number of aromatic amines is 1. The summed E-state index contributed by atoms with van der Waals surface area (Å²) < 4.78 is 3.19. The Balaban J connectivity index is 1.24. The summed E-state index contributed by atoms with van der Waals surface area (Å²) in [6.45, 7) is 2.58. The molecule has 10 nitrogen and oxygen atoms in total. The Kier molecular flexibility index (Phi) is 7.74. The Labute approximate surface area is 252 Å². The van der Waals surface area contributed by atoms with Gasteiger partial charge in [0.25, 0.3) is 11.5 Å². The fourth-order valence-corrected chi connectivity index (χ4v) is 5.79. The highest BCUT2D eigenvalue weighted by molar-refractivity contribution is 6.31. The lowest BCUT2D eigenvalue weighted by atomic mass is 9.83. The number of nitrogens with zero attached hydrogens (tertiary/aromatic N) is 5. The minimum absolute atomic E-state index is 0.0147. The molecule has 0 unspecified atom stereocenters. The average molecular weight is 599 g/mol. The number of aryl methyl sites for hydroxylation is 1. The second-order valence-corrected chi connectivity index (χ2v) is 11.2. The molecule has 1 aliphatic rings. The van der Waals surface area contributed by atoms with E-state index in [1.807, 2.05) is 54.6 Å². The first kappa shape index (κ1) is 28.6. The van der Waals surface area contributed by atoms with Crippen molar-refractivity contribution in [1.82, 2.24) is 24.8 Å². The SMILES string of the molecule is C[C@H](/C=C/CCn1cc(CCO)nn1)[C@@]1(O)C(=O)N(Cc2cccc(-n3[nH]c4ccccc4c3=O)c2)c2ccc(Cl)cc21. The maximum absolute atomic E-state index is 14.0. The summed E-state index contributed by atoms with van der Waals surface area (Å²) >= 11 is 6.34. The molecule has 1 amide bonds. The van der Waals surface area contributed by atoms with E-state index in [0.717, 1.165) is 16.8 Å². The third kappa shape index (κ3) is 5.29. The van der Waals surface area contributed by atoms with Crippen molar-refractivity contribution in [1.29, 1.82) is 0 Å². The number of hydrogen-bond donors (Lipinski definition) is 3. The molecule has 0 bridgehead atoms. The number of rotatable bonds is 10. The van der Waals surface area contributed by atoms with Crippen LogP contribution in [0, 0.1) is 5.92 Å². The number of halogens is 1. The third-order valence-corrected chi connectivity index (χ3v) is 8.13. The Morgan fingerprint density at radius 3 is 2.74 bits per heavy atom. The molecule has 0 saturated heterocycles. The van der Waals surface area contributed by atoms with E-state index in [-0.39, 0.29) is 18.7 Å². The first-order valence-electron chi connectivity index (χ1n) is 14.1. The number of benzene rings is 3. The van der Waals surface area contributed by atoms with Crippen molar-refractivity contribution in [2.75, 3.05) is 11.5 Å². The number of nitrogens with one attached hydrogen (secondary N) is 1. The molecule has 3 aromatic carbocycles. The molecule has 5 aromatic rings. The number of aliphatic hydroxyl groups excluding tert-OH is 1. The molecular formula is C32H31ClN6O4. The molecule has 0 aliphatic carbocycles. The average Bonchev–Trinajstić information content (AvgIpc) is 3.66. The molecule has 3 heterocycles. The van der Waals surface area contributed by atoms with Crippen LogP contribution in [-0.4, -0.2) is 47.5 Å². The van der Waals surface area contributed by atoms with Gasteiger partial charge >= 0.3 is 0 Å². The van der Waals surface area contributed by atoms with Crippen LogP contribution in [0.2, 0.25) is 5.02 Å². The van der Waals surface area contributed by atoms with Crippen LogP contribution in [-0.2, 0) is 29.9 Å². The molecule has 11 heteroatoms. The molecule has 6 rings (SSSR count). The van der Waals surface area contributed by atoms with Gasteiger partial charge in [-0.05, 0) is 54.4 Å². The number of allylic oxidation sites excluding steroid dienone is 1. The topological polar surface area (TPSA) is 129 Å². The normalized spacial score (nSPS) is 17.3. The molecule has 0 spiro atoms. The van der Waals surface area contributed by atoms with Crippen molar-refractivity contribution in [3.05, 3.63) is 117 Å². The Morgan fingerprint density at radius 2 is 1.93 bits per heavy atom. The first-order chi connectivity index (χ1) is 20.8. The number of carbonyl (C=O) groups excluding carboxylic acids is 1. The third-order valence-electron chi connectivity index (χ3n) is 7.90. The van der Waals surface area contributed by atoms with Gasteiger partial charge in [-0.2, -0.15) is 0 Å². The van der Waals surface area contributed by atoms with E-state index in [1.54, 1.807) is 47.0 Å². The number of anilines is 1. The highest BCUT2D eigenvalue weighted by Gasteiger charge is 2.52. The molecule has 2 aromatic heterocycles. The maximum atomic E-state index is 14.0. The van der Waals surface area contributed by atoms with Gasteiger partial charge in [0.15, 0.2) is 5.60 Å². The van der Waals surface area contributed by atoms with Crippen molar-refractivity contribution in [3.8, 4) is 5.69 Å². The molecular weight excluding hydrogens is 568 g/mol. The van der Waals surface area contributed by atoms with Crippen molar-refractivity contribution in [3.63, 3.8) is 0 Å². The van der Waals surface area contributed by atoms with E-state index in [4.69, 9.17) is 16.7 Å². The quantitative estimate of drug-likeness (QED) is 0.207. The van der Waals surface area contributed by atoms with E-state index in [1.165, 1.54) is 4.68 Å². The van der Waals surface area contributed by atoms with Crippen LogP contribution in [0.5, 0.6) is 0 Å². The Bertz CT molecular complexity index is 1890. The van der Waals surface area contributed by atoms with E-state index in [2.05, 4.69) is 15.4 Å². The number of hydrogen-bond acceptors (Lipinski definition) is 6. The lowest BCUT2D eigenvalue weighted by Crippen LogP contribution is -2.44. The minimum atomic E-state index is -1.82. The number of aromatic nitrogens is 5. The number of aliphatic hydroxyl groups is 2. The lowest BCUT2D eigenvalue weighted by Gasteiger charge is -2.27. The molecule has 0 radical (unpaired) electrons. The van der Waals surface area contributed by atoms with Crippen LogP contribution in [0.1, 0.15) is 30.2 Å². The highest BCUT2D eigenvalue weighted by Crippen LogP contribution is 2.46.